The first kappa shape index (κ1) is 24.1. The van der Waals surface area contributed by atoms with Gasteiger partial charge in [0.25, 0.3) is 0 Å². The highest BCUT2D eigenvalue weighted by molar-refractivity contribution is 7.92. The van der Waals surface area contributed by atoms with Gasteiger partial charge in [0.2, 0.25) is 0 Å². The van der Waals surface area contributed by atoms with Crippen LogP contribution in [0.25, 0.3) is 0 Å². The van der Waals surface area contributed by atoms with Crippen LogP contribution in [0.3, 0.4) is 0 Å². The van der Waals surface area contributed by atoms with Crippen molar-refractivity contribution in [1.82, 2.24) is 4.98 Å². The van der Waals surface area contributed by atoms with Crippen LogP contribution in [-0.2, 0) is 21.4 Å². The number of hydrogen-bond acceptors (Lipinski definition) is 5. The zero-order valence-electron chi connectivity index (χ0n) is 16.7. The van der Waals surface area contributed by atoms with Gasteiger partial charge in [0.1, 0.15) is 0 Å². The van der Waals surface area contributed by atoms with Crippen molar-refractivity contribution in [2.45, 2.75) is 61.8 Å². The quantitative estimate of drug-likeness (QED) is 0.620. The molecule has 30 heavy (non-hydrogen) atoms. The van der Waals surface area contributed by atoms with E-state index < -0.39 is 32.9 Å². The minimum atomic E-state index is -4.43. The second-order valence-corrected chi connectivity index (χ2v) is 11.1. The number of thiazole rings is 1. The highest BCUT2D eigenvalue weighted by atomic mass is 32.2. The van der Waals surface area contributed by atoms with E-state index in [1.54, 1.807) is 6.20 Å². The highest BCUT2D eigenvalue weighted by Gasteiger charge is 2.34. The number of benzene rings is 1. The van der Waals surface area contributed by atoms with Gasteiger partial charge in [-0.3, -0.25) is 5.32 Å². The fourth-order valence-corrected chi connectivity index (χ4v) is 5.20. The van der Waals surface area contributed by atoms with E-state index >= 15 is 0 Å². The maximum Gasteiger partial charge on any atom is 0.416 e. The second kappa shape index (κ2) is 8.93. The first-order valence-electron chi connectivity index (χ1n) is 9.08. The summed E-state index contributed by atoms with van der Waals surface area (Å²) in [6, 6.07) is 3.70. The molecule has 1 saturated carbocycles. The fraction of sp³-hybridized carbons (Fsp3) is 0.474. The molecule has 166 valence electrons. The molecule has 0 bridgehead atoms. The summed E-state index contributed by atoms with van der Waals surface area (Å²) < 4.78 is 60.7. The number of amides is 1. The Hall–Kier alpha value is -2.14. The van der Waals surface area contributed by atoms with Gasteiger partial charge in [0.05, 0.1) is 15.7 Å². The lowest BCUT2D eigenvalue weighted by atomic mass is 9.96. The normalized spacial score (nSPS) is 15.0. The van der Waals surface area contributed by atoms with Crippen LogP contribution in [0.15, 0.2) is 35.4 Å². The number of nitrogens with one attached hydrogen (secondary N) is 1. The van der Waals surface area contributed by atoms with Crippen LogP contribution in [0.2, 0.25) is 0 Å². The smallest absolute Gasteiger partial charge is 0.416 e. The third-order valence-corrected chi connectivity index (χ3v) is 8.08. The molecular formula is C19H23F3N2O4S2. The molecule has 0 radical (unpaired) electrons. The largest absolute Gasteiger partial charge is 0.465 e. The van der Waals surface area contributed by atoms with Crippen LogP contribution in [0.5, 0.6) is 0 Å². The molecule has 0 saturated heterocycles. The van der Waals surface area contributed by atoms with Gasteiger partial charge in [0.15, 0.2) is 15.0 Å². The molecule has 2 aromatic rings. The summed E-state index contributed by atoms with van der Waals surface area (Å²) in [7, 11) is -3.43. The SMILES string of the molecule is CC(C)(C)c1cnc(NC(=O)O)s1.O=S(=O)(c1ccc(C(F)(F)F)cc1)C1CCC1. The lowest BCUT2D eigenvalue weighted by Gasteiger charge is -2.25. The van der Waals surface area contributed by atoms with Crippen molar-refractivity contribution >= 4 is 32.4 Å². The predicted molar refractivity (Wildman–Crippen MR) is 109 cm³/mol. The van der Waals surface area contributed by atoms with E-state index in [9.17, 15) is 26.4 Å². The van der Waals surface area contributed by atoms with Crippen molar-refractivity contribution in [2.75, 3.05) is 5.32 Å². The number of carbonyl (C=O) groups is 1. The van der Waals surface area contributed by atoms with Gasteiger partial charge in [-0.2, -0.15) is 13.2 Å². The Morgan fingerprint density at radius 3 is 2.10 bits per heavy atom. The first-order chi connectivity index (χ1) is 13.7. The van der Waals surface area contributed by atoms with Crippen molar-refractivity contribution < 1.29 is 31.5 Å². The van der Waals surface area contributed by atoms with Crippen LogP contribution in [0, 0.1) is 0 Å². The van der Waals surface area contributed by atoms with Crippen molar-refractivity contribution in [2.24, 2.45) is 0 Å². The Labute approximate surface area is 177 Å². The Kier molecular flexibility index (Phi) is 7.18. The summed E-state index contributed by atoms with van der Waals surface area (Å²) in [5.41, 5.74) is -0.805. The number of hydrogen-bond donors (Lipinski definition) is 2. The summed E-state index contributed by atoms with van der Waals surface area (Å²) in [5.74, 6) is 0. The first-order valence-corrected chi connectivity index (χ1v) is 11.4. The molecular weight excluding hydrogens is 441 g/mol. The number of carboxylic acid groups (broad SMARTS) is 1. The standard InChI is InChI=1S/C11H11F3O2S.C8H12N2O2S/c12-11(13,14)8-4-6-10(7-5-8)17(15,16)9-2-1-3-9;1-8(2,3)5-4-9-6(13-5)10-7(11)12/h4-7,9H,1-3H2;4H,1-3H3,(H,9,10)(H,11,12). The van der Waals surface area contributed by atoms with Gasteiger partial charge in [-0.1, -0.05) is 27.2 Å². The van der Waals surface area contributed by atoms with Gasteiger partial charge in [-0.25, -0.2) is 18.2 Å². The Morgan fingerprint density at radius 1 is 1.17 bits per heavy atom. The molecule has 0 spiro atoms. The van der Waals surface area contributed by atoms with Gasteiger partial charge in [0, 0.05) is 11.1 Å². The molecule has 6 nitrogen and oxygen atoms in total. The summed E-state index contributed by atoms with van der Waals surface area (Å²) in [5, 5.41) is 10.7. The Bertz CT molecular complexity index is 974. The summed E-state index contributed by atoms with van der Waals surface area (Å²) in [6.07, 6.45) is -1.74. The molecule has 1 heterocycles. The molecule has 0 aliphatic heterocycles. The van der Waals surface area contributed by atoms with E-state index in [0.29, 0.717) is 18.0 Å². The van der Waals surface area contributed by atoms with E-state index in [4.69, 9.17) is 5.11 Å². The molecule has 0 atom stereocenters. The molecule has 3 rings (SSSR count). The fourth-order valence-electron chi connectivity index (χ4n) is 2.48. The zero-order chi connectivity index (χ0) is 22.7. The molecule has 1 amide bonds. The maximum absolute atomic E-state index is 12.3. The summed E-state index contributed by atoms with van der Waals surface area (Å²) >= 11 is 1.37. The average Bonchev–Trinajstić information content (AvgIpc) is 3.01. The lowest BCUT2D eigenvalue weighted by Crippen LogP contribution is -2.28. The van der Waals surface area contributed by atoms with Gasteiger partial charge in [-0.05, 0) is 42.5 Å². The molecule has 2 N–H and O–H groups in total. The van der Waals surface area contributed by atoms with E-state index in [0.717, 1.165) is 35.6 Å². The number of nitrogens with zero attached hydrogens (tertiary/aromatic N) is 1. The number of aromatic nitrogens is 1. The molecule has 1 aliphatic carbocycles. The van der Waals surface area contributed by atoms with Crippen molar-refractivity contribution in [3.8, 4) is 0 Å². The monoisotopic (exact) mass is 464 g/mol. The van der Waals surface area contributed by atoms with E-state index in [1.165, 1.54) is 11.3 Å². The minimum absolute atomic E-state index is 0.0183. The number of anilines is 1. The van der Waals surface area contributed by atoms with Crippen LogP contribution in [-0.4, -0.2) is 29.9 Å². The van der Waals surface area contributed by atoms with Crippen molar-refractivity contribution in [1.29, 1.82) is 0 Å². The van der Waals surface area contributed by atoms with Gasteiger partial charge < -0.3 is 5.11 Å². The third kappa shape index (κ3) is 6.18. The second-order valence-electron chi connectivity index (χ2n) is 7.83. The van der Waals surface area contributed by atoms with Gasteiger partial charge in [-0.15, -0.1) is 11.3 Å². The van der Waals surface area contributed by atoms with Crippen LogP contribution >= 0.6 is 11.3 Å². The molecule has 1 aliphatic rings. The van der Waals surface area contributed by atoms with Crippen LogP contribution < -0.4 is 5.32 Å². The molecule has 0 unspecified atom stereocenters. The lowest BCUT2D eigenvalue weighted by molar-refractivity contribution is -0.137. The third-order valence-electron chi connectivity index (χ3n) is 4.46. The summed E-state index contributed by atoms with van der Waals surface area (Å²) in [4.78, 5) is 15.3. The highest BCUT2D eigenvalue weighted by Crippen LogP contribution is 2.34. The van der Waals surface area contributed by atoms with Crippen molar-refractivity contribution in [3.05, 3.63) is 40.9 Å². The minimum Gasteiger partial charge on any atom is -0.465 e. The van der Waals surface area contributed by atoms with Crippen LogP contribution in [0.4, 0.5) is 23.1 Å². The zero-order valence-corrected chi connectivity index (χ0v) is 18.3. The average molecular weight is 465 g/mol. The predicted octanol–water partition coefficient (Wildman–Crippen LogP) is 5.56. The van der Waals surface area contributed by atoms with Gasteiger partial charge >= 0.3 is 12.3 Å². The Balaban J connectivity index is 0.000000222. The molecule has 1 fully saturated rings. The van der Waals surface area contributed by atoms with E-state index in [1.807, 2.05) is 0 Å². The maximum atomic E-state index is 12.3. The summed E-state index contributed by atoms with van der Waals surface area (Å²) in [6.45, 7) is 6.18. The van der Waals surface area contributed by atoms with E-state index in [-0.39, 0.29) is 10.3 Å². The number of halogens is 3. The Morgan fingerprint density at radius 2 is 1.73 bits per heavy atom. The molecule has 11 heteroatoms. The number of alkyl halides is 3. The molecule has 1 aromatic heterocycles. The number of sulfone groups is 1. The van der Waals surface area contributed by atoms with E-state index in [2.05, 4.69) is 31.1 Å². The topological polar surface area (TPSA) is 96.4 Å². The number of rotatable bonds is 3. The molecule has 1 aromatic carbocycles. The van der Waals surface area contributed by atoms with Crippen LogP contribution in [0.1, 0.15) is 50.5 Å². The van der Waals surface area contributed by atoms with Crippen molar-refractivity contribution in [3.63, 3.8) is 0 Å².